The van der Waals surface area contributed by atoms with Crippen LogP contribution in [0.3, 0.4) is 0 Å². The minimum atomic E-state index is -0.214. The lowest BCUT2D eigenvalue weighted by Crippen LogP contribution is -2.43. The summed E-state index contributed by atoms with van der Waals surface area (Å²) >= 11 is 0. The Morgan fingerprint density at radius 3 is 2.86 bits per heavy atom. The molecule has 0 saturated carbocycles. The number of anilines is 2. The number of para-hydroxylation sites is 2. The van der Waals surface area contributed by atoms with E-state index in [1.807, 2.05) is 61.2 Å². The fourth-order valence-corrected chi connectivity index (χ4v) is 3.74. The number of rotatable bonds is 3. The molecule has 2 heterocycles. The first-order valence-corrected chi connectivity index (χ1v) is 9.64. The zero-order valence-electron chi connectivity index (χ0n) is 16.2. The molecule has 2 aromatic carbocycles. The Kier molecular flexibility index (Phi) is 4.86. The molecule has 1 unspecified atom stereocenters. The number of nitrogens with zero attached hydrogens (tertiary/aromatic N) is 2. The minimum absolute atomic E-state index is 0.00406. The Labute approximate surface area is 163 Å². The van der Waals surface area contributed by atoms with Crippen molar-refractivity contribution in [1.29, 1.82) is 0 Å². The molecule has 1 aliphatic rings. The third-order valence-electron chi connectivity index (χ3n) is 5.54. The van der Waals surface area contributed by atoms with Crippen LogP contribution in [-0.2, 0) is 4.79 Å². The predicted octanol–water partition coefficient (Wildman–Crippen LogP) is 3.40. The van der Waals surface area contributed by atoms with Gasteiger partial charge in [-0.3, -0.25) is 9.59 Å². The summed E-state index contributed by atoms with van der Waals surface area (Å²) in [5.41, 5.74) is 4.33. The molecular formula is C22H24N4O2. The number of fused-ring (bicyclic) bond motifs is 1. The molecule has 1 saturated heterocycles. The molecule has 2 N–H and O–H groups in total. The summed E-state index contributed by atoms with van der Waals surface area (Å²) in [5, 5.41) is 3.07. The predicted molar refractivity (Wildman–Crippen MR) is 112 cm³/mol. The van der Waals surface area contributed by atoms with Crippen molar-refractivity contribution in [3.05, 3.63) is 63.9 Å². The van der Waals surface area contributed by atoms with E-state index >= 15 is 0 Å². The van der Waals surface area contributed by atoms with Gasteiger partial charge in [0.05, 0.1) is 17.0 Å². The molecular weight excluding hydrogens is 352 g/mol. The average molecular weight is 376 g/mol. The van der Waals surface area contributed by atoms with Crippen molar-refractivity contribution in [2.45, 2.75) is 26.7 Å². The number of aromatic nitrogens is 2. The highest BCUT2D eigenvalue weighted by Crippen LogP contribution is 2.24. The van der Waals surface area contributed by atoms with Crippen LogP contribution in [0.5, 0.6) is 0 Å². The molecule has 0 radical (unpaired) electrons. The van der Waals surface area contributed by atoms with Crippen LogP contribution >= 0.6 is 0 Å². The molecule has 4 rings (SSSR count). The van der Waals surface area contributed by atoms with Crippen molar-refractivity contribution in [2.75, 3.05) is 23.3 Å². The van der Waals surface area contributed by atoms with Gasteiger partial charge in [0.2, 0.25) is 5.91 Å². The number of nitrogens with one attached hydrogen (secondary N) is 2. The molecule has 1 atom stereocenters. The van der Waals surface area contributed by atoms with Gasteiger partial charge in [0.1, 0.15) is 0 Å². The lowest BCUT2D eigenvalue weighted by atomic mass is 9.96. The molecule has 1 amide bonds. The number of amides is 1. The fourth-order valence-electron chi connectivity index (χ4n) is 3.74. The maximum absolute atomic E-state index is 12.9. The van der Waals surface area contributed by atoms with E-state index in [1.165, 1.54) is 0 Å². The van der Waals surface area contributed by atoms with Crippen LogP contribution in [0.1, 0.15) is 24.0 Å². The van der Waals surface area contributed by atoms with Gasteiger partial charge in [-0.1, -0.05) is 24.3 Å². The van der Waals surface area contributed by atoms with Crippen molar-refractivity contribution in [1.82, 2.24) is 9.97 Å². The second kappa shape index (κ2) is 7.46. The van der Waals surface area contributed by atoms with Crippen LogP contribution in [-0.4, -0.2) is 29.0 Å². The molecule has 0 bridgehead atoms. The molecule has 0 spiro atoms. The van der Waals surface area contributed by atoms with Crippen LogP contribution in [0.2, 0.25) is 0 Å². The number of piperidine rings is 1. The van der Waals surface area contributed by atoms with Crippen LogP contribution in [0, 0.1) is 19.8 Å². The Bertz CT molecular complexity index is 1090. The summed E-state index contributed by atoms with van der Waals surface area (Å²) in [6, 6.07) is 13.4. The summed E-state index contributed by atoms with van der Waals surface area (Å²) in [7, 11) is 0. The van der Waals surface area contributed by atoms with E-state index in [0.717, 1.165) is 47.2 Å². The first-order valence-electron chi connectivity index (χ1n) is 9.64. The summed E-state index contributed by atoms with van der Waals surface area (Å²) in [4.78, 5) is 34.8. The zero-order chi connectivity index (χ0) is 19.7. The van der Waals surface area contributed by atoms with Gasteiger partial charge in [0, 0.05) is 18.8 Å². The second-order valence-corrected chi connectivity index (χ2v) is 7.43. The topological polar surface area (TPSA) is 78.1 Å². The van der Waals surface area contributed by atoms with E-state index in [1.54, 1.807) is 0 Å². The second-order valence-electron chi connectivity index (χ2n) is 7.43. The van der Waals surface area contributed by atoms with Crippen molar-refractivity contribution in [3.63, 3.8) is 0 Å². The first kappa shape index (κ1) is 18.2. The highest BCUT2D eigenvalue weighted by atomic mass is 16.2. The molecule has 0 aliphatic carbocycles. The average Bonchev–Trinajstić information content (AvgIpc) is 2.71. The maximum Gasteiger partial charge on any atom is 0.291 e. The number of carbonyl (C=O) groups excluding carboxylic acids is 1. The van der Waals surface area contributed by atoms with Crippen molar-refractivity contribution in [3.8, 4) is 0 Å². The number of hydrogen-bond acceptors (Lipinski definition) is 4. The van der Waals surface area contributed by atoms with Crippen LogP contribution in [0.15, 0.2) is 47.3 Å². The Hall–Kier alpha value is -3.15. The van der Waals surface area contributed by atoms with Crippen molar-refractivity contribution in [2.24, 2.45) is 5.92 Å². The molecule has 6 nitrogen and oxygen atoms in total. The normalized spacial score (nSPS) is 16.9. The summed E-state index contributed by atoms with van der Waals surface area (Å²) in [5.74, 6) is 0.208. The lowest BCUT2D eigenvalue weighted by molar-refractivity contribution is -0.120. The standard InChI is InChI=1S/C22H24N4O2/c1-14-7-5-11-17(15(14)2)24-21(27)16-8-6-12-26(13-16)20-22(28)25-19-10-4-3-9-18(19)23-20/h3-5,7,9-11,16H,6,8,12-13H2,1-2H3,(H,24,27)(H,25,28). The molecule has 1 fully saturated rings. The number of aromatic amines is 1. The van der Waals surface area contributed by atoms with E-state index in [2.05, 4.69) is 15.3 Å². The first-order chi connectivity index (χ1) is 13.5. The van der Waals surface area contributed by atoms with E-state index in [0.29, 0.717) is 12.4 Å². The molecule has 3 aromatic rings. The zero-order valence-corrected chi connectivity index (χ0v) is 16.2. The van der Waals surface area contributed by atoms with E-state index in [9.17, 15) is 9.59 Å². The van der Waals surface area contributed by atoms with Crippen molar-refractivity contribution >= 4 is 28.4 Å². The molecule has 1 aromatic heterocycles. The summed E-state index contributed by atoms with van der Waals surface area (Å²) < 4.78 is 0. The number of carbonyl (C=O) groups is 1. The molecule has 1 aliphatic heterocycles. The largest absolute Gasteiger partial charge is 0.351 e. The number of hydrogen-bond donors (Lipinski definition) is 2. The third kappa shape index (κ3) is 3.50. The lowest BCUT2D eigenvalue weighted by Gasteiger charge is -2.32. The highest BCUT2D eigenvalue weighted by Gasteiger charge is 2.28. The number of H-pyrrole nitrogens is 1. The van der Waals surface area contributed by atoms with Gasteiger partial charge in [-0.05, 0) is 56.0 Å². The van der Waals surface area contributed by atoms with E-state index in [-0.39, 0.29) is 17.4 Å². The third-order valence-corrected chi connectivity index (χ3v) is 5.54. The Morgan fingerprint density at radius 1 is 1.18 bits per heavy atom. The number of aryl methyl sites for hydroxylation is 1. The Morgan fingerprint density at radius 2 is 2.00 bits per heavy atom. The quantitative estimate of drug-likeness (QED) is 0.734. The molecule has 6 heteroatoms. The van der Waals surface area contributed by atoms with Crippen LogP contribution < -0.4 is 15.8 Å². The van der Waals surface area contributed by atoms with Gasteiger partial charge in [-0.15, -0.1) is 0 Å². The highest BCUT2D eigenvalue weighted by molar-refractivity contribution is 5.94. The van der Waals surface area contributed by atoms with Gasteiger partial charge in [-0.25, -0.2) is 4.98 Å². The van der Waals surface area contributed by atoms with Gasteiger partial charge in [-0.2, -0.15) is 0 Å². The minimum Gasteiger partial charge on any atom is -0.351 e. The summed E-state index contributed by atoms with van der Waals surface area (Å²) in [6.07, 6.45) is 1.65. The SMILES string of the molecule is Cc1cccc(NC(=O)C2CCCN(c3nc4ccccc4[nH]c3=O)C2)c1C. The number of benzene rings is 2. The van der Waals surface area contributed by atoms with Crippen LogP contribution in [0.4, 0.5) is 11.5 Å². The smallest absolute Gasteiger partial charge is 0.291 e. The Balaban J connectivity index is 1.54. The van der Waals surface area contributed by atoms with Gasteiger partial charge < -0.3 is 15.2 Å². The molecule has 144 valence electrons. The molecule has 28 heavy (non-hydrogen) atoms. The van der Waals surface area contributed by atoms with Crippen molar-refractivity contribution < 1.29 is 4.79 Å². The van der Waals surface area contributed by atoms with Gasteiger partial charge >= 0.3 is 0 Å². The van der Waals surface area contributed by atoms with Gasteiger partial charge in [0.15, 0.2) is 5.82 Å². The van der Waals surface area contributed by atoms with E-state index in [4.69, 9.17) is 0 Å². The van der Waals surface area contributed by atoms with Gasteiger partial charge in [0.25, 0.3) is 5.56 Å². The maximum atomic E-state index is 12.9. The van der Waals surface area contributed by atoms with E-state index < -0.39 is 0 Å². The van der Waals surface area contributed by atoms with Crippen LogP contribution in [0.25, 0.3) is 11.0 Å². The monoisotopic (exact) mass is 376 g/mol. The summed E-state index contributed by atoms with van der Waals surface area (Å²) in [6.45, 7) is 5.26. The fraction of sp³-hybridized carbons (Fsp3) is 0.318.